The molecule has 1 aromatic rings. The van der Waals surface area contributed by atoms with E-state index in [4.69, 9.17) is 0 Å². The largest absolute Gasteiger partial charge is 0.324 e. The van der Waals surface area contributed by atoms with Crippen LogP contribution in [-0.4, -0.2) is 44.0 Å². The van der Waals surface area contributed by atoms with Crippen LogP contribution in [0.4, 0.5) is 5.69 Å². The number of nitrogens with one attached hydrogen (secondary N) is 2. The second-order valence-electron chi connectivity index (χ2n) is 5.42. The van der Waals surface area contributed by atoms with E-state index in [1.54, 1.807) is 0 Å². The van der Waals surface area contributed by atoms with Gasteiger partial charge in [-0.1, -0.05) is 12.1 Å². The van der Waals surface area contributed by atoms with Gasteiger partial charge in [-0.25, -0.2) is 0 Å². The highest BCUT2D eigenvalue weighted by Gasteiger charge is 2.16. The van der Waals surface area contributed by atoms with Crippen LogP contribution in [0.5, 0.6) is 0 Å². The van der Waals surface area contributed by atoms with Crippen molar-refractivity contribution in [3.63, 3.8) is 0 Å². The first-order valence-electron chi connectivity index (χ1n) is 7.09. The van der Waals surface area contributed by atoms with Crippen LogP contribution in [0, 0.1) is 5.92 Å². The quantitative estimate of drug-likeness (QED) is 0.830. The Morgan fingerprint density at radius 1 is 1.38 bits per heavy atom. The van der Waals surface area contributed by atoms with Gasteiger partial charge in [0.1, 0.15) is 0 Å². The lowest BCUT2D eigenvalue weighted by Crippen LogP contribution is -2.37. The lowest BCUT2D eigenvalue weighted by molar-refractivity contribution is -0.117. The zero-order valence-electron chi connectivity index (χ0n) is 12.3. The molecule has 118 valence electrons. The zero-order chi connectivity index (χ0) is 14.4. The van der Waals surface area contributed by atoms with E-state index in [2.05, 4.69) is 31.5 Å². The average Bonchev–Trinajstić information content (AvgIpc) is 2.42. The lowest BCUT2D eigenvalue weighted by atomic mass is 9.98. The van der Waals surface area contributed by atoms with Crippen LogP contribution in [0.15, 0.2) is 28.7 Å². The maximum atomic E-state index is 12.0. The van der Waals surface area contributed by atoms with Gasteiger partial charge >= 0.3 is 0 Å². The topological polar surface area (TPSA) is 44.4 Å². The Hall–Kier alpha value is -0.620. The van der Waals surface area contributed by atoms with Crippen molar-refractivity contribution in [2.24, 2.45) is 5.92 Å². The second-order valence-corrected chi connectivity index (χ2v) is 6.27. The average molecular weight is 377 g/mol. The second kappa shape index (κ2) is 9.41. The van der Waals surface area contributed by atoms with Crippen LogP contribution in [0.1, 0.15) is 12.8 Å². The molecule has 0 aliphatic carbocycles. The Bertz CT molecular complexity index is 452. The van der Waals surface area contributed by atoms with Gasteiger partial charge in [0, 0.05) is 11.0 Å². The maximum absolute atomic E-state index is 12.0. The maximum Gasteiger partial charge on any atom is 0.238 e. The van der Waals surface area contributed by atoms with Gasteiger partial charge in [0.15, 0.2) is 0 Å². The van der Waals surface area contributed by atoms with E-state index >= 15 is 0 Å². The molecule has 1 aliphatic heterocycles. The number of rotatable bonds is 5. The molecule has 1 amide bonds. The smallest absolute Gasteiger partial charge is 0.238 e. The number of carbonyl (C=O) groups excluding carboxylic acids is 1. The molecule has 0 spiro atoms. The van der Waals surface area contributed by atoms with Gasteiger partial charge in [-0.15, -0.1) is 12.4 Å². The number of benzene rings is 1. The third-order valence-corrected chi connectivity index (χ3v) is 4.28. The number of hydrogen-bond acceptors (Lipinski definition) is 3. The number of piperidine rings is 1. The van der Waals surface area contributed by atoms with Crippen LogP contribution in [0.2, 0.25) is 0 Å². The molecule has 2 rings (SSSR count). The molecule has 0 unspecified atom stereocenters. The first-order valence-corrected chi connectivity index (χ1v) is 7.88. The summed E-state index contributed by atoms with van der Waals surface area (Å²) in [7, 11) is 2.02. The predicted molar refractivity (Wildman–Crippen MR) is 93.1 cm³/mol. The Labute approximate surface area is 141 Å². The first kappa shape index (κ1) is 18.4. The molecular weight excluding hydrogens is 354 g/mol. The van der Waals surface area contributed by atoms with Crippen molar-refractivity contribution in [1.82, 2.24) is 10.2 Å². The summed E-state index contributed by atoms with van der Waals surface area (Å²) in [6.45, 7) is 3.62. The molecule has 1 heterocycles. The van der Waals surface area contributed by atoms with E-state index in [0.29, 0.717) is 12.5 Å². The predicted octanol–water partition coefficient (Wildman–Crippen LogP) is 2.74. The lowest BCUT2D eigenvalue weighted by Gasteiger charge is -2.27. The van der Waals surface area contributed by atoms with Crippen molar-refractivity contribution >= 4 is 39.9 Å². The molecule has 1 aliphatic rings. The fourth-order valence-corrected chi connectivity index (χ4v) is 2.95. The molecule has 1 saturated heterocycles. The van der Waals surface area contributed by atoms with E-state index in [0.717, 1.165) is 29.8 Å². The molecular formula is C15H23BrClN3O. The minimum Gasteiger partial charge on any atom is -0.324 e. The number of halogens is 2. The van der Waals surface area contributed by atoms with Crippen molar-refractivity contribution in [3.8, 4) is 0 Å². The van der Waals surface area contributed by atoms with Crippen molar-refractivity contribution in [1.29, 1.82) is 0 Å². The molecule has 2 N–H and O–H groups in total. The summed E-state index contributed by atoms with van der Waals surface area (Å²) in [5.41, 5.74) is 0.827. The summed E-state index contributed by atoms with van der Waals surface area (Å²) >= 11 is 3.44. The van der Waals surface area contributed by atoms with Gasteiger partial charge in [-0.05, 0) is 67.0 Å². The van der Waals surface area contributed by atoms with Crippen LogP contribution >= 0.6 is 28.3 Å². The Morgan fingerprint density at radius 3 is 2.71 bits per heavy atom. The van der Waals surface area contributed by atoms with E-state index in [1.165, 1.54) is 12.8 Å². The molecule has 21 heavy (non-hydrogen) atoms. The summed E-state index contributed by atoms with van der Waals surface area (Å²) in [6.07, 6.45) is 2.41. The van der Waals surface area contributed by atoms with E-state index in [1.807, 2.05) is 31.3 Å². The number of likely N-dealkylation sites (N-methyl/N-ethyl adjacent to an activating group) is 1. The zero-order valence-corrected chi connectivity index (χ0v) is 14.7. The van der Waals surface area contributed by atoms with Crippen LogP contribution < -0.4 is 10.6 Å². The Balaban J connectivity index is 0.00000220. The number of carbonyl (C=O) groups is 1. The van der Waals surface area contributed by atoms with Crippen molar-refractivity contribution in [3.05, 3.63) is 28.7 Å². The minimum atomic E-state index is 0. The molecule has 0 radical (unpaired) electrons. The molecule has 6 heteroatoms. The molecule has 4 nitrogen and oxygen atoms in total. The van der Waals surface area contributed by atoms with E-state index in [9.17, 15) is 4.79 Å². The standard InChI is InChI=1S/C15H22BrN3O.ClH/c1-19(10-12-6-8-17-9-7-12)11-15(20)18-14-5-3-2-4-13(14)16;/h2-5,12,17H,6-11H2,1H3,(H,18,20);1H. The fourth-order valence-electron chi connectivity index (χ4n) is 2.57. The van der Waals surface area contributed by atoms with Gasteiger partial charge in [0.2, 0.25) is 5.91 Å². The van der Waals surface area contributed by atoms with Gasteiger partial charge in [0.25, 0.3) is 0 Å². The molecule has 1 aromatic carbocycles. The van der Waals surface area contributed by atoms with Crippen LogP contribution in [0.25, 0.3) is 0 Å². The Kier molecular flexibility index (Phi) is 8.26. The summed E-state index contributed by atoms with van der Waals surface area (Å²) in [4.78, 5) is 14.1. The number of para-hydroxylation sites is 1. The third-order valence-electron chi connectivity index (χ3n) is 3.59. The third kappa shape index (κ3) is 6.34. The highest BCUT2D eigenvalue weighted by Crippen LogP contribution is 2.21. The van der Waals surface area contributed by atoms with Gasteiger partial charge < -0.3 is 10.6 Å². The SMILES string of the molecule is CN(CC(=O)Nc1ccccc1Br)CC1CCNCC1.Cl. The molecule has 0 bridgehead atoms. The number of nitrogens with zero attached hydrogens (tertiary/aromatic N) is 1. The summed E-state index contributed by atoms with van der Waals surface area (Å²) in [5, 5.41) is 6.30. The summed E-state index contributed by atoms with van der Waals surface area (Å²) < 4.78 is 0.911. The van der Waals surface area contributed by atoms with Gasteiger partial charge in [0.05, 0.1) is 12.2 Å². The number of anilines is 1. The van der Waals surface area contributed by atoms with E-state index in [-0.39, 0.29) is 18.3 Å². The number of amides is 1. The number of hydrogen-bond donors (Lipinski definition) is 2. The summed E-state index contributed by atoms with van der Waals surface area (Å²) in [6, 6.07) is 7.67. The molecule has 0 saturated carbocycles. The highest BCUT2D eigenvalue weighted by atomic mass is 79.9. The van der Waals surface area contributed by atoms with Crippen molar-refractivity contribution in [2.45, 2.75) is 12.8 Å². The van der Waals surface area contributed by atoms with Crippen LogP contribution in [-0.2, 0) is 4.79 Å². The first-order chi connectivity index (χ1) is 9.65. The normalized spacial score (nSPS) is 15.6. The minimum absolute atomic E-state index is 0. The molecule has 1 fully saturated rings. The monoisotopic (exact) mass is 375 g/mol. The fraction of sp³-hybridized carbons (Fsp3) is 0.533. The summed E-state index contributed by atoms with van der Waals surface area (Å²) in [5.74, 6) is 0.742. The molecule has 0 atom stereocenters. The molecule has 0 aromatic heterocycles. The highest BCUT2D eigenvalue weighted by molar-refractivity contribution is 9.10. The van der Waals surface area contributed by atoms with Gasteiger partial charge in [-0.3, -0.25) is 9.69 Å². The van der Waals surface area contributed by atoms with Crippen LogP contribution in [0.3, 0.4) is 0 Å². The van der Waals surface area contributed by atoms with Crippen molar-refractivity contribution < 1.29 is 4.79 Å². The van der Waals surface area contributed by atoms with E-state index < -0.39 is 0 Å². The van der Waals surface area contributed by atoms with Crippen molar-refractivity contribution in [2.75, 3.05) is 38.5 Å². The van der Waals surface area contributed by atoms with Gasteiger partial charge in [-0.2, -0.15) is 0 Å². The Morgan fingerprint density at radius 2 is 2.05 bits per heavy atom.